The van der Waals surface area contributed by atoms with Crippen molar-refractivity contribution >= 4 is 11.7 Å². The zero-order valence-corrected chi connectivity index (χ0v) is 11.2. The molecule has 0 radical (unpaired) electrons. The van der Waals surface area contributed by atoms with E-state index in [1.54, 1.807) is 14.0 Å². The second-order valence-electron chi connectivity index (χ2n) is 4.03. The lowest BCUT2D eigenvalue weighted by molar-refractivity contribution is -0.385. The first-order valence-electron chi connectivity index (χ1n) is 5.85. The summed E-state index contributed by atoms with van der Waals surface area (Å²) in [5, 5.41) is 19.0. The average Bonchev–Trinajstić information content (AvgIpc) is 2.93. The van der Waals surface area contributed by atoms with Crippen molar-refractivity contribution in [2.45, 2.75) is 13.8 Å². The van der Waals surface area contributed by atoms with Crippen LogP contribution in [0.15, 0.2) is 12.4 Å². The van der Waals surface area contributed by atoms with E-state index in [0.717, 1.165) is 0 Å². The lowest BCUT2D eigenvalue weighted by Gasteiger charge is -2.00. The topological polar surface area (TPSA) is 105 Å². The molecule has 9 heteroatoms. The molecule has 9 nitrogen and oxygen atoms in total. The van der Waals surface area contributed by atoms with E-state index < -0.39 is 10.9 Å². The first-order chi connectivity index (χ1) is 9.45. The number of aromatic nitrogens is 4. The van der Waals surface area contributed by atoms with Crippen molar-refractivity contribution in [2.24, 2.45) is 7.05 Å². The molecule has 2 rings (SSSR count). The first-order valence-corrected chi connectivity index (χ1v) is 5.85. The molecule has 0 aliphatic rings. The minimum absolute atomic E-state index is 0.147. The van der Waals surface area contributed by atoms with Crippen LogP contribution < -0.4 is 0 Å². The maximum atomic E-state index is 11.6. The van der Waals surface area contributed by atoms with Crippen LogP contribution in [-0.4, -0.2) is 37.1 Å². The number of hydrogen-bond donors (Lipinski definition) is 0. The van der Waals surface area contributed by atoms with Crippen molar-refractivity contribution < 1.29 is 14.5 Å². The lowest BCUT2D eigenvalue weighted by Crippen LogP contribution is -2.06. The molecule has 0 aliphatic carbocycles. The van der Waals surface area contributed by atoms with E-state index in [2.05, 4.69) is 10.2 Å². The Balaban J connectivity index is 2.48. The van der Waals surface area contributed by atoms with Gasteiger partial charge in [0, 0.05) is 13.2 Å². The molecule has 2 aromatic heterocycles. The van der Waals surface area contributed by atoms with Crippen molar-refractivity contribution in [2.75, 3.05) is 6.61 Å². The van der Waals surface area contributed by atoms with Crippen molar-refractivity contribution in [1.82, 2.24) is 19.6 Å². The summed E-state index contributed by atoms with van der Waals surface area (Å²) in [4.78, 5) is 22.1. The van der Waals surface area contributed by atoms with Gasteiger partial charge in [-0.3, -0.25) is 10.1 Å². The summed E-state index contributed by atoms with van der Waals surface area (Å²) in [7, 11) is 1.57. The predicted molar refractivity (Wildman–Crippen MR) is 67.7 cm³/mol. The minimum Gasteiger partial charge on any atom is -0.462 e. The third-order valence-electron chi connectivity index (χ3n) is 2.65. The smallest absolute Gasteiger partial charge is 0.341 e. The van der Waals surface area contributed by atoms with Crippen LogP contribution in [-0.2, 0) is 11.8 Å². The van der Waals surface area contributed by atoms with Crippen molar-refractivity contribution in [3.63, 3.8) is 0 Å². The Labute approximate surface area is 113 Å². The van der Waals surface area contributed by atoms with Gasteiger partial charge in [-0.05, 0) is 13.8 Å². The number of ether oxygens (including phenoxy) is 1. The molecule has 0 saturated carbocycles. The zero-order valence-electron chi connectivity index (χ0n) is 11.2. The van der Waals surface area contributed by atoms with Gasteiger partial charge in [0.05, 0.1) is 23.3 Å². The van der Waals surface area contributed by atoms with E-state index in [4.69, 9.17) is 4.74 Å². The second kappa shape index (κ2) is 5.11. The van der Waals surface area contributed by atoms with E-state index >= 15 is 0 Å². The SMILES string of the molecule is CCOC(=O)c1cnn(-c2c([N+](=O)[O-])c(C)nn2C)c1. The number of nitro groups is 1. The molecule has 0 spiro atoms. The molecule has 0 bridgehead atoms. The molecule has 106 valence electrons. The highest BCUT2D eigenvalue weighted by molar-refractivity contribution is 5.88. The van der Waals surface area contributed by atoms with Crippen molar-refractivity contribution in [1.29, 1.82) is 0 Å². The van der Waals surface area contributed by atoms with E-state index in [1.807, 2.05) is 0 Å². The number of carbonyl (C=O) groups is 1. The van der Waals surface area contributed by atoms with Crippen LogP contribution in [0.5, 0.6) is 0 Å². The summed E-state index contributed by atoms with van der Waals surface area (Å²) in [6.07, 6.45) is 2.67. The monoisotopic (exact) mass is 279 g/mol. The molecule has 0 fully saturated rings. The molecule has 0 aliphatic heterocycles. The highest BCUT2D eigenvalue weighted by atomic mass is 16.6. The summed E-state index contributed by atoms with van der Waals surface area (Å²) >= 11 is 0. The molecular formula is C11H13N5O4. The Bertz CT molecular complexity index is 672. The molecule has 20 heavy (non-hydrogen) atoms. The molecule has 0 atom stereocenters. The van der Waals surface area contributed by atoms with E-state index in [-0.39, 0.29) is 29.4 Å². The summed E-state index contributed by atoms with van der Waals surface area (Å²) in [5.74, 6) is -0.344. The van der Waals surface area contributed by atoms with Crippen LogP contribution in [0.25, 0.3) is 5.82 Å². The molecule has 0 N–H and O–H groups in total. The van der Waals surface area contributed by atoms with Gasteiger partial charge in [0.1, 0.15) is 5.69 Å². The minimum atomic E-state index is -0.528. The van der Waals surface area contributed by atoms with Gasteiger partial charge in [0.25, 0.3) is 0 Å². The lowest BCUT2D eigenvalue weighted by atomic mass is 10.3. The Morgan fingerprint density at radius 2 is 2.25 bits per heavy atom. The van der Waals surface area contributed by atoms with Gasteiger partial charge in [-0.2, -0.15) is 10.2 Å². The molecule has 0 saturated heterocycles. The summed E-state index contributed by atoms with van der Waals surface area (Å²) < 4.78 is 7.42. The molecule has 0 unspecified atom stereocenters. The third kappa shape index (κ3) is 2.25. The van der Waals surface area contributed by atoms with Crippen LogP contribution >= 0.6 is 0 Å². The molecule has 2 aromatic rings. The van der Waals surface area contributed by atoms with Gasteiger partial charge < -0.3 is 4.74 Å². The van der Waals surface area contributed by atoms with Crippen LogP contribution in [0, 0.1) is 17.0 Å². The van der Waals surface area contributed by atoms with Crippen LogP contribution in [0.4, 0.5) is 5.69 Å². The van der Waals surface area contributed by atoms with Gasteiger partial charge in [-0.15, -0.1) is 0 Å². The Hall–Kier alpha value is -2.71. The second-order valence-corrected chi connectivity index (χ2v) is 4.03. The summed E-state index contributed by atoms with van der Waals surface area (Å²) in [6, 6.07) is 0. The number of rotatable bonds is 4. The fourth-order valence-electron chi connectivity index (χ4n) is 1.86. The molecule has 2 heterocycles. The van der Waals surface area contributed by atoms with Crippen molar-refractivity contribution in [3.8, 4) is 5.82 Å². The van der Waals surface area contributed by atoms with E-state index in [0.29, 0.717) is 0 Å². The highest BCUT2D eigenvalue weighted by Gasteiger charge is 2.26. The van der Waals surface area contributed by atoms with Gasteiger partial charge in [-0.1, -0.05) is 0 Å². The van der Waals surface area contributed by atoms with Gasteiger partial charge >= 0.3 is 11.7 Å². The van der Waals surface area contributed by atoms with E-state index in [1.165, 1.54) is 28.7 Å². The fourth-order valence-corrected chi connectivity index (χ4v) is 1.86. The quantitative estimate of drug-likeness (QED) is 0.469. The van der Waals surface area contributed by atoms with E-state index in [9.17, 15) is 14.9 Å². The third-order valence-corrected chi connectivity index (χ3v) is 2.65. The normalized spacial score (nSPS) is 10.6. The standard InChI is InChI=1S/C11H13N5O4/c1-4-20-11(17)8-5-12-15(6-8)10-9(16(18)19)7(2)13-14(10)3/h5-6H,4H2,1-3H3. The molecule has 0 amide bonds. The summed E-state index contributed by atoms with van der Waals surface area (Å²) in [5.41, 5.74) is 0.353. The maximum absolute atomic E-state index is 11.6. The Morgan fingerprint density at radius 1 is 1.55 bits per heavy atom. The van der Waals surface area contributed by atoms with Gasteiger partial charge in [-0.25, -0.2) is 14.2 Å². The molecule has 0 aromatic carbocycles. The fraction of sp³-hybridized carbons (Fsp3) is 0.364. The maximum Gasteiger partial charge on any atom is 0.341 e. The van der Waals surface area contributed by atoms with Gasteiger partial charge in [0.2, 0.25) is 5.82 Å². The van der Waals surface area contributed by atoms with Crippen LogP contribution in [0.3, 0.4) is 0 Å². The Morgan fingerprint density at radius 3 is 2.85 bits per heavy atom. The van der Waals surface area contributed by atoms with Crippen LogP contribution in [0.2, 0.25) is 0 Å². The number of nitrogens with zero attached hydrogens (tertiary/aromatic N) is 5. The van der Waals surface area contributed by atoms with Gasteiger partial charge in [0.15, 0.2) is 0 Å². The first kappa shape index (κ1) is 13.7. The average molecular weight is 279 g/mol. The highest BCUT2D eigenvalue weighted by Crippen LogP contribution is 2.25. The number of hydrogen-bond acceptors (Lipinski definition) is 6. The molecular weight excluding hydrogens is 266 g/mol. The predicted octanol–water partition coefficient (Wildman–Crippen LogP) is 0.999. The number of esters is 1. The zero-order chi connectivity index (χ0) is 14.9. The van der Waals surface area contributed by atoms with Crippen molar-refractivity contribution in [3.05, 3.63) is 33.8 Å². The number of aryl methyl sites for hydroxylation is 2. The summed E-state index contributed by atoms with van der Waals surface area (Å²) in [6.45, 7) is 3.48. The largest absolute Gasteiger partial charge is 0.462 e. The number of carbonyl (C=O) groups excluding carboxylic acids is 1. The van der Waals surface area contributed by atoms with Crippen LogP contribution in [0.1, 0.15) is 23.0 Å². The Kier molecular flexibility index (Phi) is 3.51.